The number of carbonyl (C=O) groups is 3. The summed E-state index contributed by atoms with van der Waals surface area (Å²) in [4.78, 5) is 36.1. The van der Waals surface area contributed by atoms with E-state index >= 15 is 0 Å². The number of ether oxygens (including phenoxy) is 3. The van der Waals surface area contributed by atoms with Crippen LogP contribution >= 0.6 is 0 Å². The predicted octanol–water partition coefficient (Wildman–Crippen LogP) is 5.06. The Kier molecular flexibility index (Phi) is 22.9. The van der Waals surface area contributed by atoms with Crippen molar-refractivity contribution in [2.24, 2.45) is 0 Å². The molecule has 0 saturated heterocycles. The lowest BCUT2D eigenvalue weighted by Gasteiger charge is -2.34. The van der Waals surface area contributed by atoms with E-state index in [4.69, 9.17) is 14.2 Å². The summed E-state index contributed by atoms with van der Waals surface area (Å²) in [5.74, 6) is -1.90. The van der Waals surface area contributed by atoms with Crippen LogP contribution in [0.15, 0.2) is 36.5 Å². The summed E-state index contributed by atoms with van der Waals surface area (Å²) in [5, 5.41) is 11.5. The Balaban J connectivity index is 4.66. The number of carboxylic acids is 1. The summed E-state index contributed by atoms with van der Waals surface area (Å²) in [5.41, 5.74) is 0. The first-order valence-corrected chi connectivity index (χ1v) is 15.0. The molecule has 40 heavy (non-hydrogen) atoms. The molecule has 0 fully saturated rings. The monoisotopic (exact) mass is 565 g/mol. The second-order valence-electron chi connectivity index (χ2n) is 11.0. The van der Waals surface area contributed by atoms with Gasteiger partial charge in [0.25, 0.3) is 0 Å². The highest BCUT2D eigenvalue weighted by atomic mass is 16.6. The number of hydrogen-bond donors (Lipinski definition) is 0. The topological polar surface area (TPSA) is 102 Å². The molecule has 0 aromatic heterocycles. The number of carboxylic acid groups (broad SMARTS) is 1. The lowest BCUT2D eigenvalue weighted by molar-refractivity contribution is -0.889. The van der Waals surface area contributed by atoms with Crippen LogP contribution in [0.25, 0.3) is 0 Å². The number of rotatable bonds is 25. The highest BCUT2D eigenvalue weighted by Crippen LogP contribution is 2.11. The lowest BCUT2D eigenvalue weighted by atomic mass is 10.1. The Hall–Kier alpha value is -2.45. The predicted molar refractivity (Wildman–Crippen MR) is 157 cm³/mol. The molecule has 0 amide bonds. The van der Waals surface area contributed by atoms with Crippen LogP contribution in [0.5, 0.6) is 0 Å². The van der Waals surface area contributed by atoms with E-state index in [2.05, 4.69) is 32.1 Å². The minimum Gasteiger partial charge on any atom is -0.544 e. The Morgan fingerprint density at radius 3 is 1.98 bits per heavy atom. The van der Waals surface area contributed by atoms with Crippen molar-refractivity contribution >= 4 is 17.9 Å². The summed E-state index contributed by atoms with van der Waals surface area (Å²) in [6, 6.07) is -0.731. The Morgan fingerprint density at radius 1 is 0.775 bits per heavy atom. The number of hydrogen-bond acceptors (Lipinski definition) is 7. The second-order valence-corrected chi connectivity index (χ2v) is 11.0. The van der Waals surface area contributed by atoms with Crippen molar-refractivity contribution in [1.29, 1.82) is 0 Å². The molecular weight excluding hydrogens is 510 g/mol. The molecular formula is C32H55NO7. The molecule has 230 valence electrons. The van der Waals surface area contributed by atoms with E-state index in [9.17, 15) is 19.5 Å². The van der Waals surface area contributed by atoms with E-state index in [1.165, 1.54) is 25.7 Å². The summed E-state index contributed by atoms with van der Waals surface area (Å²) in [6.45, 7) is 4.33. The Bertz CT molecular complexity index is 768. The SMILES string of the molecule is CC/C=C/C/C=C/C/C=C/CC(=O)OCC(COCCC(C(=O)[O-])[N+](C)(C)C)OC(=O)CCCCCCCCC. The van der Waals surface area contributed by atoms with Crippen LogP contribution in [0.3, 0.4) is 0 Å². The van der Waals surface area contributed by atoms with Crippen molar-refractivity contribution in [2.45, 2.75) is 109 Å². The number of nitrogens with zero attached hydrogens (tertiary/aromatic N) is 1. The molecule has 0 aromatic rings. The molecule has 0 aliphatic carbocycles. The van der Waals surface area contributed by atoms with Gasteiger partial charge in [0.05, 0.1) is 46.7 Å². The third kappa shape index (κ3) is 22.4. The minimum absolute atomic E-state index is 0.0139. The summed E-state index contributed by atoms with van der Waals surface area (Å²) >= 11 is 0. The Morgan fingerprint density at radius 2 is 1.38 bits per heavy atom. The molecule has 0 radical (unpaired) electrons. The summed E-state index contributed by atoms with van der Waals surface area (Å²) in [6.07, 6.45) is 22.3. The highest BCUT2D eigenvalue weighted by molar-refractivity contribution is 5.71. The van der Waals surface area contributed by atoms with Crippen LogP contribution in [0.2, 0.25) is 0 Å². The fourth-order valence-corrected chi connectivity index (χ4v) is 3.95. The zero-order chi connectivity index (χ0) is 30.1. The number of aliphatic carboxylic acids is 1. The van der Waals surface area contributed by atoms with Gasteiger partial charge in [-0.3, -0.25) is 9.59 Å². The number of likely N-dealkylation sites (N-methyl/N-ethyl adjacent to an activating group) is 1. The molecule has 8 heteroatoms. The van der Waals surface area contributed by atoms with Crippen LogP contribution in [0.1, 0.15) is 97.3 Å². The largest absolute Gasteiger partial charge is 0.544 e. The van der Waals surface area contributed by atoms with Crippen LogP contribution in [-0.4, -0.2) is 75.5 Å². The van der Waals surface area contributed by atoms with Gasteiger partial charge in [0.1, 0.15) is 12.6 Å². The van der Waals surface area contributed by atoms with E-state index < -0.39 is 24.1 Å². The van der Waals surface area contributed by atoms with Crippen LogP contribution in [0.4, 0.5) is 0 Å². The molecule has 0 aliphatic heterocycles. The average Bonchev–Trinajstić information content (AvgIpc) is 2.89. The van der Waals surface area contributed by atoms with E-state index in [1.54, 1.807) is 27.2 Å². The van der Waals surface area contributed by atoms with Gasteiger partial charge in [-0.25, -0.2) is 0 Å². The molecule has 0 aliphatic rings. The zero-order valence-electron chi connectivity index (χ0n) is 25.7. The first kappa shape index (κ1) is 37.6. The third-order valence-electron chi connectivity index (χ3n) is 6.32. The van der Waals surface area contributed by atoms with E-state index in [0.29, 0.717) is 6.42 Å². The van der Waals surface area contributed by atoms with Crippen molar-refractivity contribution in [3.63, 3.8) is 0 Å². The number of unbranched alkanes of at least 4 members (excludes halogenated alkanes) is 6. The zero-order valence-corrected chi connectivity index (χ0v) is 25.7. The highest BCUT2D eigenvalue weighted by Gasteiger charge is 2.25. The van der Waals surface area contributed by atoms with Gasteiger partial charge < -0.3 is 28.6 Å². The molecule has 0 N–H and O–H groups in total. The molecule has 2 atom stereocenters. The summed E-state index contributed by atoms with van der Waals surface area (Å²) in [7, 11) is 5.35. The molecule has 0 saturated carbocycles. The van der Waals surface area contributed by atoms with E-state index in [1.807, 2.05) is 12.2 Å². The minimum atomic E-state index is -1.14. The van der Waals surface area contributed by atoms with Crippen LogP contribution < -0.4 is 5.11 Å². The molecule has 0 bridgehead atoms. The molecule has 0 rings (SSSR count). The fourth-order valence-electron chi connectivity index (χ4n) is 3.95. The van der Waals surface area contributed by atoms with E-state index in [-0.39, 0.29) is 43.1 Å². The quantitative estimate of drug-likeness (QED) is 0.0660. The average molecular weight is 566 g/mol. The van der Waals surface area contributed by atoms with Gasteiger partial charge in [-0.2, -0.15) is 0 Å². The number of quaternary nitrogens is 1. The molecule has 0 aromatic carbocycles. The number of carbonyl (C=O) groups excluding carboxylic acids is 3. The van der Waals surface area contributed by atoms with Gasteiger partial charge in [0, 0.05) is 12.8 Å². The van der Waals surface area contributed by atoms with Crippen molar-refractivity contribution in [3.05, 3.63) is 36.5 Å². The first-order chi connectivity index (χ1) is 19.1. The standard InChI is InChI=1S/C32H55NO7/c1-6-8-10-12-14-15-17-18-20-22-30(34)39-27-28(26-38-25-24-29(32(36)37)33(3,4)5)40-31(35)23-21-19-16-13-11-9-7-2/h8,10,14-15,18,20,28-29H,6-7,9,11-13,16-17,19,21-27H2,1-5H3/b10-8+,15-14+,20-18+. The fraction of sp³-hybridized carbons (Fsp3) is 0.719. The first-order valence-electron chi connectivity index (χ1n) is 15.0. The van der Waals surface area contributed by atoms with Crippen molar-refractivity contribution in [3.8, 4) is 0 Å². The van der Waals surface area contributed by atoms with Gasteiger partial charge in [0.2, 0.25) is 0 Å². The van der Waals surface area contributed by atoms with Gasteiger partial charge >= 0.3 is 11.9 Å². The maximum Gasteiger partial charge on any atom is 0.309 e. The van der Waals surface area contributed by atoms with Gasteiger partial charge in [-0.05, 0) is 25.7 Å². The number of allylic oxidation sites excluding steroid dienone is 5. The van der Waals surface area contributed by atoms with Crippen LogP contribution in [0, 0.1) is 0 Å². The van der Waals surface area contributed by atoms with Gasteiger partial charge in [0.15, 0.2) is 6.10 Å². The normalized spacial score (nSPS) is 13.7. The van der Waals surface area contributed by atoms with Crippen molar-refractivity contribution < 1.29 is 38.2 Å². The lowest BCUT2D eigenvalue weighted by Crippen LogP contribution is -2.55. The number of esters is 2. The third-order valence-corrected chi connectivity index (χ3v) is 6.32. The van der Waals surface area contributed by atoms with Crippen molar-refractivity contribution in [1.82, 2.24) is 0 Å². The molecule has 8 nitrogen and oxygen atoms in total. The maximum absolute atomic E-state index is 12.4. The molecule has 0 spiro atoms. The summed E-state index contributed by atoms with van der Waals surface area (Å²) < 4.78 is 16.8. The molecule has 0 heterocycles. The molecule has 2 unspecified atom stereocenters. The smallest absolute Gasteiger partial charge is 0.309 e. The van der Waals surface area contributed by atoms with Crippen molar-refractivity contribution in [2.75, 3.05) is 41.0 Å². The van der Waals surface area contributed by atoms with E-state index in [0.717, 1.165) is 38.5 Å². The van der Waals surface area contributed by atoms with Gasteiger partial charge in [-0.1, -0.05) is 88.8 Å². The van der Waals surface area contributed by atoms with Crippen LogP contribution in [-0.2, 0) is 28.6 Å². The second kappa shape index (κ2) is 24.4. The maximum atomic E-state index is 12.4. The van der Waals surface area contributed by atoms with Gasteiger partial charge in [-0.15, -0.1) is 0 Å². The Labute approximate surface area is 243 Å².